The van der Waals surface area contributed by atoms with E-state index in [0.717, 1.165) is 19.4 Å². The molecule has 2 N–H and O–H groups in total. The first-order valence-corrected chi connectivity index (χ1v) is 6.96. The summed E-state index contributed by atoms with van der Waals surface area (Å²) < 4.78 is 0. The van der Waals surface area contributed by atoms with Crippen LogP contribution in [0.15, 0.2) is 6.20 Å². The monoisotopic (exact) mass is 239 g/mol. The highest BCUT2D eigenvalue weighted by Gasteiger charge is 2.21. The molecule has 0 saturated carbocycles. The number of aromatic nitrogens is 1. The van der Waals surface area contributed by atoms with Gasteiger partial charge in [0.2, 0.25) is 0 Å². The third-order valence-corrected chi connectivity index (χ3v) is 4.20. The summed E-state index contributed by atoms with van der Waals surface area (Å²) in [5.74, 6) is 0. The van der Waals surface area contributed by atoms with Crippen LogP contribution in [-0.2, 0) is 6.42 Å². The van der Waals surface area contributed by atoms with Gasteiger partial charge in [0.1, 0.15) is 0 Å². The molecule has 1 saturated heterocycles. The van der Waals surface area contributed by atoms with Crippen molar-refractivity contribution in [2.45, 2.75) is 38.6 Å². The minimum Gasteiger partial charge on any atom is -0.330 e. The lowest BCUT2D eigenvalue weighted by Gasteiger charge is -2.26. The number of nitrogens with two attached hydrogens (primary N) is 1. The lowest BCUT2D eigenvalue weighted by Crippen LogP contribution is -2.36. The molecule has 1 fully saturated rings. The summed E-state index contributed by atoms with van der Waals surface area (Å²) in [6.45, 7) is 5.37. The number of hydrogen-bond acceptors (Lipinski definition) is 4. The highest BCUT2D eigenvalue weighted by Crippen LogP contribution is 2.20. The van der Waals surface area contributed by atoms with Crippen molar-refractivity contribution in [3.05, 3.63) is 16.1 Å². The van der Waals surface area contributed by atoms with Crippen LogP contribution in [0.4, 0.5) is 0 Å². The van der Waals surface area contributed by atoms with E-state index in [4.69, 9.17) is 5.73 Å². The normalized spacial score (nSPS) is 19.1. The summed E-state index contributed by atoms with van der Waals surface area (Å²) in [7, 11) is 0. The molecule has 16 heavy (non-hydrogen) atoms. The second-order valence-corrected chi connectivity index (χ2v) is 5.84. The minimum absolute atomic E-state index is 0.632. The molecule has 0 bridgehead atoms. The van der Waals surface area contributed by atoms with Gasteiger partial charge < -0.3 is 5.73 Å². The van der Waals surface area contributed by atoms with Crippen molar-refractivity contribution in [1.29, 1.82) is 0 Å². The van der Waals surface area contributed by atoms with Gasteiger partial charge in [-0.15, -0.1) is 11.3 Å². The molecule has 0 radical (unpaired) electrons. The van der Waals surface area contributed by atoms with E-state index in [1.54, 1.807) is 0 Å². The number of hydrogen-bond donors (Lipinski definition) is 1. The Morgan fingerprint density at radius 3 is 2.81 bits per heavy atom. The zero-order valence-corrected chi connectivity index (χ0v) is 10.8. The molecule has 3 nitrogen and oxygen atoms in total. The van der Waals surface area contributed by atoms with Crippen LogP contribution in [-0.4, -0.2) is 35.6 Å². The average molecular weight is 239 g/mol. The maximum Gasteiger partial charge on any atom is 0.0896 e. The Kier molecular flexibility index (Phi) is 4.32. The van der Waals surface area contributed by atoms with Gasteiger partial charge in [-0.1, -0.05) is 0 Å². The van der Waals surface area contributed by atoms with E-state index in [-0.39, 0.29) is 0 Å². The van der Waals surface area contributed by atoms with Gasteiger partial charge in [0.25, 0.3) is 0 Å². The summed E-state index contributed by atoms with van der Waals surface area (Å²) in [5, 5.41) is 1.17. The van der Waals surface area contributed by atoms with Crippen molar-refractivity contribution in [2.75, 3.05) is 19.6 Å². The van der Waals surface area contributed by atoms with Crippen LogP contribution in [0.1, 0.15) is 29.1 Å². The molecule has 2 heterocycles. The SMILES string of the molecule is Cc1ncc(CC(CCN)N2CCCC2)s1. The lowest BCUT2D eigenvalue weighted by molar-refractivity contribution is 0.232. The summed E-state index contributed by atoms with van der Waals surface area (Å²) in [6.07, 6.45) is 6.96. The van der Waals surface area contributed by atoms with Gasteiger partial charge in [0, 0.05) is 17.1 Å². The first kappa shape index (κ1) is 12.0. The molecule has 0 amide bonds. The fraction of sp³-hybridized carbons (Fsp3) is 0.750. The van der Waals surface area contributed by atoms with Crippen LogP contribution in [0.5, 0.6) is 0 Å². The number of aryl methyl sites for hydroxylation is 1. The van der Waals surface area contributed by atoms with Gasteiger partial charge in [-0.25, -0.2) is 4.98 Å². The summed E-state index contributed by atoms with van der Waals surface area (Å²) in [5.41, 5.74) is 5.72. The van der Waals surface area contributed by atoms with Gasteiger partial charge in [0.15, 0.2) is 0 Å². The molecule has 0 spiro atoms. The van der Waals surface area contributed by atoms with E-state index >= 15 is 0 Å². The smallest absolute Gasteiger partial charge is 0.0896 e. The van der Waals surface area contributed by atoms with Crippen molar-refractivity contribution < 1.29 is 0 Å². The molecule has 0 aliphatic carbocycles. The van der Waals surface area contributed by atoms with Crippen LogP contribution in [0.25, 0.3) is 0 Å². The second kappa shape index (κ2) is 5.75. The number of likely N-dealkylation sites (tertiary alicyclic amines) is 1. The van der Waals surface area contributed by atoms with E-state index in [2.05, 4.69) is 16.8 Å². The van der Waals surface area contributed by atoms with Crippen LogP contribution in [0, 0.1) is 6.92 Å². The number of nitrogens with zero attached hydrogens (tertiary/aromatic N) is 2. The third kappa shape index (κ3) is 3.03. The molecule has 1 aromatic heterocycles. The van der Waals surface area contributed by atoms with Gasteiger partial charge in [0.05, 0.1) is 5.01 Å². The van der Waals surface area contributed by atoms with Crippen LogP contribution < -0.4 is 5.73 Å². The van der Waals surface area contributed by atoms with Crippen molar-refractivity contribution in [3.8, 4) is 0 Å². The van der Waals surface area contributed by atoms with E-state index in [0.29, 0.717) is 6.04 Å². The van der Waals surface area contributed by atoms with Crippen LogP contribution >= 0.6 is 11.3 Å². The molecule has 1 unspecified atom stereocenters. The minimum atomic E-state index is 0.632. The van der Waals surface area contributed by atoms with E-state index in [9.17, 15) is 0 Å². The molecule has 90 valence electrons. The highest BCUT2D eigenvalue weighted by molar-refractivity contribution is 7.11. The molecule has 2 rings (SSSR count). The van der Waals surface area contributed by atoms with Crippen LogP contribution in [0.2, 0.25) is 0 Å². The molecular weight excluding hydrogens is 218 g/mol. The Hall–Kier alpha value is -0.450. The first-order valence-electron chi connectivity index (χ1n) is 6.15. The quantitative estimate of drug-likeness (QED) is 0.852. The summed E-state index contributed by atoms with van der Waals surface area (Å²) in [6, 6.07) is 0.632. The van der Waals surface area contributed by atoms with Gasteiger partial charge in [-0.2, -0.15) is 0 Å². The Morgan fingerprint density at radius 2 is 2.25 bits per heavy atom. The maximum atomic E-state index is 5.72. The summed E-state index contributed by atoms with van der Waals surface area (Å²) >= 11 is 1.82. The zero-order valence-electron chi connectivity index (χ0n) is 9.98. The number of rotatable bonds is 5. The Labute approximate surface area is 102 Å². The molecule has 4 heteroatoms. The summed E-state index contributed by atoms with van der Waals surface area (Å²) in [4.78, 5) is 8.33. The van der Waals surface area contributed by atoms with E-state index < -0.39 is 0 Å². The Morgan fingerprint density at radius 1 is 1.50 bits per heavy atom. The maximum absolute atomic E-state index is 5.72. The second-order valence-electron chi connectivity index (χ2n) is 4.52. The molecule has 1 atom stereocenters. The van der Waals surface area contributed by atoms with Crippen molar-refractivity contribution in [1.82, 2.24) is 9.88 Å². The van der Waals surface area contributed by atoms with Crippen molar-refractivity contribution in [2.24, 2.45) is 5.73 Å². The van der Waals surface area contributed by atoms with E-state index in [1.807, 2.05) is 17.5 Å². The van der Waals surface area contributed by atoms with Crippen molar-refractivity contribution >= 4 is 11.3 Å². The fourth-order valence-electron chi connectivity index (χ4n) is 2.44. The highest BCUT2D eigenvalue weighted by atomic mass is 32.1. The van der Waals surface area contributed by atoms with Crippen molar-refractivity contribution in [3.63, 3.8) is 0 Å². The van der Waals surface area contributed by atoms with E-state index in [1.165, 1.54) is 35.8 Å². The molecular formula is C12H21N3S. The fourth-order valence-corrected chi connectivity index (χ4v) is 3.31. The number of thiazole rings is 1. The first-order chi connectivity index (χ1) is 7.79. The largest absolute Gasteiger partial charge is 0.330 e. The predicted molar refractivity (Wildman–Crippen MR) is 68.8 cm³/mol. The standard InChI is InChI=1S/C12H21N3S/c1-10-14-9-12(16-10)8-11(4-5-13)15-6-2-3-7-15/h9,11H,2-8,13H2,1H3. The molecule has 1 aliphatic heterocycles. The average Bonchev–Trinajstić information content (AvgIpc) is 2.88. The van der Waals surface area contributed by atoms with Gasteiger partial charge in [-0.05, 0) is 52.2 Å². The Balaban J connectivity index is 1.96. The van der Waals surface area contributed by atoms with Crippen LogP contribution in [0.3, 0.4) is 0 Å². The lowest BCUT2D eigenvalue weighted by atomic mass is 10.1. The van der Waals surface area contributed by atoms with Gasteiger partial charge >= 0.3 is 0 Å². The predicted octanol–water partition coefficient (Wildman–Crippen LogP) is 1.81. The molecule has 1 aromatic rings. The third-order valence-electron chi connectivity index (χ3n) is 3.26. The topological polar surface area (TPSA) is 42.1 Å². The van der Waals surface area contributed by atoms with Gasteiger partial charge in [-0.3, -0.25) is 4.90 Å². The zero-order chi connectivity index (χ0) is 11.4. The Bertz CT molecular complexity index is 318. The molecule has 0 aromatic carbocycles. The molecule has 1 aliphatic rings.